The minimum Gasteiger partial charge on any atom is -0.309 e. The molecule has 0 aliphatic rings. The second-order valence-electron chi connectivity index (χ2n) is 10.7. The second kappa shape index (κ2) is 10.2. The molecule has 2 heterocycles. The second-order valence-corrected chi connectivity index (χ2v) is 10.7. The molecule has 2 heteroatoms. The molecule has 0 spiro atoms. The van der Waals surface area contributed by atoms with Crippen molar-refractivity contribution in [1.29, 1.82) is 0 Å². The first-order valence-electron chi connectivity index (χ1n) is 29.7. The maximum atomic E-state index is 9.44. The highest BCUT2D eigenvalue weighted by Gasteiger charge is 2.20. The summed E-state index contributed by atoms with van der Waals surface area (Å²) in [7, 11) is 0. The summed E-state index contributed by atoms with van der Waals surface area (Å²) in [4.78, 5) is 0. The molecular weight excluding hydrogens is 556 g/mol. The van der Waals surface area contributed by atoms with Gasteiger partial charge in [0.1, 0.15) is 0 Å². The molecule has 8 aromatic rings. The normalized spacial score (nSPS) is 24.3. The van der Waals surface area contributed by atoms with Crippen molar-refractivity contribution >= 4 is 43.6 Å². The van der Waals surface area contributed by atoms with Gasteiger partial charge in [-0.3, -0.25) is 0 Å². The lowest BCUT2D eigenvalue weighted by atomic mass is 9.86. The van der Waals surface area contributed by atoms with Gasteiger partial charge in [0.25, 0.3) is 0 Å². The van der Waals surface area contributed by atoms with Crippen LogP contribution in [0.5, 0.6) is 0 Å². The Bertz CT molecular complexity index is 3550. The van der Waals surface area contributed by atoms with Crippen molar-refractivity contribution < 1.29 is 43.9 Å². The Morgan fingerprint density at radius 1 is 0.478 bits per heavy atom. The van der Waals surface area contributed by atoms with Crippen LogP contribution in [-0.2, 0) is 10.8 Å². The van der Waals surface area contributed by atoms with Crippen LogP contribution in [0.4, 0.5) is 0 Å². The SMILES string of the molecule is [2H]c1c([2H])c([2H])c2c(c1[2H])c1c([2H])c(C(C([2H])([2H])[2H])(C([2H])([2H])[2H])C([2H])([2H])[2H])c([2H])c([2H])c1n2-c1cccc(-c2cccc(-n3c4c([2H])c([2H])c([2H])c([2H])c4c4c([2H])c(C(C([2H])([2H])[2H])(C([2H])([2H])[2H])C([2H])([2H])[2H])c([2H])c([2H])c43)c2)c1. The van der Waals surface area contributed by atoms with Gasteiger partial charge in [0.05, 0.1) is 41.3 Å². The van der Waals surface area contributed by atoms with Gasteiger partial charge in [0.15, 0.2) is 0 Å². The van der Waals surface area contributed by atoms with E-state index in [4.69, 9.17) is 38.4 Å². The summed E-state index contributed by atoms with van der Waals surface area (Å²) in [5, 5.41) is -2.52. The molecule has 6 aromatic carbocycles. The maximum absolute atomic E-state index is 9.44. The van der Waals surface area contributed by atoms with Crippen molar-refractivity contribution in [1.82, 2.24) is 9.13 Å². The molecule has 0 saturated carbocycles. The molecule has 0 amide bonds. The molecule has 46 heavy (non-hydrogen) atoms. The molecule has 8 rings (SSSR count). The molecule has 0 unspecified atom stereocenters. The van der Waals surface area contributed by atoms with Crippen LogP contribution in [0, 0.1) is 0 Å². The highest BCUT2D eigenvalue weighted by Crippen LogP contribution is 2.38. The Kier molecular flexibility index (Phi) is 2.27. The number of hydrogen-bond acceptors (Lipinski definition) is 0. The van der Waals surface area contributed by atoms with Crippen molar-refractivity contribution in [3.05, 3.63) is 144 Å². The first kappa shape index (κ1) is 10.2. The van der Waals surface area contributed by atoms with Crippen LogP contribution < -0.4 is 0 Å². The zero-order valence-electron chi connectivity index (χ0n) is 55.5. The quantitative estimate of drug-likeness (QED) is 0.184. The predicted octanol–water partition coefficient (Wildman–Crippen LogP) is 12.1. The highest BCUT2D eigenvalue weighted by molar-refractivity contribution is 6.10. The van der Waals surface area contributed by atoms with Gasteiger partial charge in [0.2, 0.25) is 0 Å². The minimum absolute atomic E-state index is 0.0809. The number of nitrogens with zero attached hydrogens (tertiary/aromatic N) is 2. The lowest BCUT2D eigenvalue weighted by Crippen LogP contribution is -2.10. The fourth-order valence-corrected chi connectivity index (χ4v) is 5.57. The van der Waals surface area contributed by atoms with Crippen molar-refractivity contribution in [3.8, 4) is 22.5 Å². The standard InChI is InChI=1S/C44H40N2/c1-43(2,3)31-21-23-41-37(27-31)35-17-7-9-19-39(35)45(41)33-15-11-13-29(25-33)30-14-12-16-34(26-30)46-40-20-10-8-18-36(40)38-28-32(44(4,5)6)22-24-42(38)46/h7-28H,1-6H3/i1D3,2D3,3D3,4D3,5D3,6D3,7D,8D,9D,10D,17D,18D,19D,20D,21D,22D,23D,24D,27D,28D. The van der Waals surface area contributed by atoms with E-state index in [1.807, 2.05) is 0 Å². The summed E-state index contributed by atoms with van der Waals surface area (Å²) in [6.07, 6.45) is 0. The minimum atomic E-state index is -4.02. The van der Waals surface area contributed by atoms with Crippen LogP contribution in [0.3, 0.4) is 0 Å². The zero-order chi connectivity index (χ0) is 59.0. The molecule has 0 atom stereocenters. The van der Waals surface area contributed by atoms with Gasteiger partial charge in [-0.15, -0.1) is 0 Å². The largest absolute Gasteiger partial charge is 0.309 e. The number of benzene rings is 6. The van der Waals surface area contributed by atoms with Crippen molar-refractivity contribution in [2.45, 2.75) is 51.9 Å². The van der Waals surface area contributed by atoms with E-state index < -0.39 is 191 Å². The highest BCUT2D eigenvalue weighted by atomic mass is 15.0. The summed E-state index contributed by atoms with van der Waals surface area (Å²) in [6, 6.07) is -2.74. The third-order valence-corrected chi connectivity index (χ3v) is 7.61. The monoisotopic (exact) mass is 629 g/mol. The number of aromatic nitrogens is 2. The van der Waals surface area contributed by atoms with E-state index in [9.17, 15) is 5.48 Å². The smallest absolute Gasteiger partial charge is 0.0645 e. The van der Waals surface area contributed by atoms with Gasteiger partial charge in [-0.1, -0.05) is 114 Å². The fourth-order valence-electron chi connectivity index (χ4n) is 5.57. The first-order chi connectivity index (χ1) is 35.4. The molecule has 2 nitrogen and oxygen atoms in total. The van der Waals surface area contributed by atoms with Gasteiger partial charge in [-0.25, -0.2) is 0 Å². The van der Waals surface area contributed by atoms with Crippen LogP contribution in [0.15, 0.2) is 133 Å². The van der Waals surface area contributed by atoms with Crippen molar-refractivity contribution in [3.63, 3.8) is 0 Å². The summed E-state index contributed by atoms with van der Waals surface area (Å²) in [6.45, 7) is -24.1. The first-order valence-corrected chi connectivity index (χ1v) is 13.7. The molecule has 0 aliphatic heterocycles. The molecule has 0 aliphatic carbocycles. The van der Waals surface area contributed by atoms with Crippen molar-refractivity contribution in [2.24, 2.45) is 0 Å². The number of fused-ring (bicyclic) bond motifs is 6. The number of rotatable bonds is 3. The summed E-state index contributed by atoms with van der Waals surface area (Å²) >= 11 is 0. The van der Waals surface area contributed by atoms with Crippen LogP contribution in [0.25, 0.3) is 66.1 Å². The average Bonchev–Trinajstić information content (AvgIpc) is 3.94. The van der Waals surface area contributed by atoms with Crippen LogP contribution in [-0.4, -0.2) is 9.13 Å². The molecule has 2 aromatic heterocycles. The molecule has 0 bridgehead atoms. The van der Waals surface area contributed by atoms with E-state index >= 15 is 0 Å². The molecule has 226 valence electrons. The Labute approximate surface area is 316 Å². The molecule has 0 fully saturated rings. The third kappa shape index (κ3) is 4.55. The lowest BCUT2D eigenvalue weighted by molar-refractivity contribution is 0.591. The van der Waals surface area contributed by atoms with E-state index in [0.29, 0.717) is 0 Å². The fraction of sp³-hybridized carbons (Fsp3) is 0.182. The number of para-hydroxylation sites is 2. The van der Waals surface area contributed by atoms with E-state index in [0.717, 1.165) is 9.13 Å². The lowest BCUT2D eigenvalue weighted by Gasteiger charge is -2.19. The van der Waals surface area contributed by atoms with Gasteiger partial charge < -0.3 is 9.13 Å². The Morgan fingerprint density at radius 3 is 1.33 bits per heavy atom. The van der Waals surface area contributed by atoms with Gasteiger partial charge in [-0.2, -0.15) is 0 Å². The van der Waals surface area contributed by atoms with E-state index in [-0.39, 0.29) is 22.5 Å². The molecule has 0 N–H and O–H groups in total. The Morgan fingerprint density at radius 2 is 0.891 bits per heavy atom. The number of hydrogen-bond donors (Lipinski definition) is 0. The van der Waals surface area contributed by atoms with Crippen LogP contribution in [0.1, 0.15) is 96.1 Å². The molecule has 0 radical (unpaired) electrons. The Balaban J connectivity index is 1.49. The van der Waals surface area contributed by atoms with E-state index in [1.165, 1.54) is 48.5 Å². The van der Waals surface area contributed by atoms with Crippen LogP contribution >= 0.6 is 0 Å². The average molecular weight is 629 g/mol. The van der Waals surface area contributed by atoms with E-state index in [2.05, 4.69) is 0 Å². The summed E-state index contributed by atoms with van der Waals surface area (Å²) < 4.78 is 279. The third-order valence-electron chi connectivity index (χ3n) is 7.61. The zero-order valence-corrected chi connectivity index (χ0v) is 23.5. The predicted molar refractivity (Wildman–Crippen MR) is 198 cm³/mol. The molecule has 0 saturated heterocycles. The van der Waals surface area contributed by atoms with Crippen molar-refractivity contribution in [2.75, 3.05) is 0 Å². The van der Waals surface area contributed by atoms with Crippen LogP contribution in [0.2, 0.25) is 0 Å². The molecular formula is C44H40N2. The summed E-state index contributed by atoms with van der Waals surface area (Å²) in [5.41, 5.74) is -12.7. The van der Waals surface area contributed by atoms with Gasteiger partial charge in [0, 0.05) is 57.6 Å². The Hall–Kier alpha value is -5.08. The van der Waals surface area contributed by atoms with Gasteiger partial charge >= 0.3 is 0 Å². The van der Waals surface area contributed by atoms with E-state index in [1.54, 1.807) is 0 Å². The summed E-state index contributed by atoms with van der Waals surface area (Å²) in [5.74, 6) is 0. The topological polar surface area (TPSA) is 9.86 Å². The van der Waals surface area contributed by atoms with Gasteiger partial charge in [-0.05, 0) is 93.6 Å². The maximum Gasteiger partial charge on any atom is 0.0645 e.